The van der Waals surface area contributed by atoms with E-state index in [0.29, 0.717) is 5.56 Å². The summed E-state index contributed by atoms with van der Waals surface area (Å²) in [5.74, 6) is -0.879. The summed E-state index contributed by atoms with van der Waals surface area (Å²) in [7, 11) is -4.64. The van der Waals surface area contributed by atoms with Crippen molar-refractivity contribution in [1.29, 1.82) is 0 Å². The minimum atomic E-state index is -4.64. The van der Waals surface area contributed by atoms with Crippen molar-refractivity contribution < 1.29 is 29.1 Å². The van der Waals surface area contributed by atoms with Gasteiger partial charge in [0.05, 0.1) is 5.56 Å². The van der Waals surface area contributed by atoms with Crippen molar-refractivity contribution in [3.05, 3.63) is 48.7 Å². The minimum Gasteiger partial charge on any atom is -0.478 e. The molecule has 0 aliphatic carbocycles. The highest BCUT2D eigenvalue weighted by atomic mass is 31.2. The van der Waals surface area contributed by atoms with Crippen LogP contribution in [0.5, 0.6) is 0 Å². The van der Waals surface area contributed by atoms with Gasteiger partial charge in [0.15, 0.2) is 0 Å². The molecule has 0 fully saturated rings. The lowest BCUT2D eigenvalue weighted by molar-refractivity contribution is 0.0697. The van der Waals surface area contributed by atoms with Crippen molar-refractivity contribution >= 4 is 13.8 Å². The van der Waals surface area contributed by atoms with E-state index in [9.17, 15) is 4.79 Å². The number of aromatic carboxylic acids is 1. The zero-order valence-corrected chi connectivity index (χ0v) is 13.0. The predicted octanol–water partition coefficient (Wildman–Crippen LogP) is 1.93. The molecule has 0 aromatic heterocycles. The highest BCUT2D eigenvalue weighted by Crippen LogP contribution is 2.25. The van der Waals surface area contributed by atoms with Gasteiger partial charge in [-0.1, -0.05) is 24.8 Å². The highest BCUT2D eigenvalue weighted by molar-refractivity contribution is 7.45. The van der Waals surface area contributed by atoms with E-state index < -0.39 is 13.8 Å². The van der Waals surface area contributed by atoms with E-state index in [4.69, 9.17) is 24.4 Å². The number of carboxylic acids is 1. The molecule has 0 aliphatic rings. The van der Waals surface area contributed by atoms with Gasteiger partial charge in [-0.2, -0.15) is 0 Å². The molecular weight excluding hydrogens is 297 g/mol. The fourth-order valence-corrected chi connectivity index (χ4v) is 1.06. The third-order valence-corrected chi connectivity index (χ3v) is 2.09. The van der Waals surface area contributed by atoms with E-state index in [2.05, 4.69) is 25.3 Å². The Labute approximate surface area is 124 Å². The van der Waals surface area contributed by atoms with Gasteiger partial charge in [-0.15, -0.1) is 0 Å². The summed E-state index contributed by atoms with van der Waals surface area (Å²) in [6.45, 7) is 10.0. The molecule has 0 unspecified atom stereocenters. The molecule has 1 aromatic carbocycles. The number of nitrogens with zero attached hydrogens (tertiary/aromatic N) is 1. The predicted molar refractivity (Wildman–Crippen MR) is 80.8 cm³/mol. The molecule has 0 bridgehead atoms. The molecule has 1 aromatic rings. The van der Waals surface area contributed by atoms with Crippen molar-refractivity contribution in [2.24, 2.45) is 0 Å². The summed E-state index contributed by atoms with van der Waals surface area (Å²) >= 11 is 0. The summed E-state index contributed by atoms with van der Waals surface area (Å²) in [5, 5.41) is 8.38. The van der Waals surface area contributed by atoms with Gasteiger partial charge < -0.3 is 24.7 Å². The Morgan fingerprint density at radius 2 is 1.57 bits per heavy atom. The first-order valence-electron chi connectivity index (χ1n) is 6.08. The van der Waals surface area contributed by atoms with E-state index in [1.807, 2.05) is 6.20 Å². The van der Waals surface area contributed by atoms with Crippen LogP contribution in [0.25, 0.3) is 0 Å². The first kappa shape index (κ1) is 21.6. The number of phosphoric acid groups is 1. The summed E-state index contributed by atoms with van der Waals surface area (Å²) < 4.78 is 8.88. The minimum absolute atomic E-state index is 0.331. The Bertz CT molecular complexity index is 433. The quantitative estimate of drug-likeness (QED) is 0.626. The molecule has 0 atom stereocenters. The van der Waals surface area contributed by atoms with Gasteiger partial charge in [0, 0.05) is 13.1 Å². The van der Waals surface area contributed by atoms with E-state index in [1.165, 1.54) is 0 Å². The lowest BCUT2D eigenvalue weighted by Crippen LogP contribution is -2.14. The molecule has 0 aliphatic heterocycles. The summed E-state index contributed by atoms with van der Waals surface area (Å²) in [5.41, 5.74) is 0.331. The van der Waals surface area contributed by atoms with E-state index in [1.54, 1.807) is 30.3 Å². The van der Waals surface area contributed by atoms with Crippen molar-refractivity contribution in [2.75, 3.05) is 13.1 Å². The van der Waals surface area contributed by atoms with Crippen LogP contribution in [0.3, 0.4) is 0 Å². The normalized spacial score (nSPS) is 9.38. The summed E-state index contributed by atoms with van der Waals surface area (Å²) in [6.07, 6.45) is 1.86. The molecule has 120 valence electrons. The van der Waals surface area contributed by atoms with Crippen LogP contribution in [0, 0.1) is 0 Å². The van der Waals surface area contributed by atoms with Crippen LogP contribution in [0.4, 0.5) is 0 Å². The van der Waals surface area contributed by atoms with Gasteiger partial charge in [0.2, 0.25) is 0 Å². The Kier molecular flexibility index (Phi) is 12.5. The molecule has 21 heavy (non-hydrogen) atoms. The van der Waals surface area contributed by atoms with E-state index >= 15 is 0 Å². The number of hydrogen-bond donors (Lipinski definition) is 4. The van der Waals surface area contributed by atoms with Gasteiger partial charge in [-0.3, -0.25) is 0 Å². The Morgan fingerprint density at radius 3 is 1.71 bits per heavy atom. The second kappa shape index (κ2) is 12.1. The fraction of sp³-hybridized carbons (Fsp3) is 0.308. The van der Waals surface area contributed by atoms with E-state index in [0.717, 1.165) is 13.1 Å². The number of carbonyl (C=O) groups is 1. The van der Waals surface area contributed by atoms with Crippen molar-refractivity contribution in [3.63, 3.8) is 0 Å². The van der Waals surface area contributed by atoms with Gasteiger partial charge in [0.1, 0.15) is 0 Å². The van der Waals surface area contributed by atoms with Crippen molar-refractivity contribution in [1.82, 2.24) is 4.90 Å². The third-order valence-electron chi connectivity index (χ3n) is 2.09. The molecule has 0 spiro atoms. The van der Waals surface area contributed by atoms with Crippen molar-refractivity contribution in [2.45, 2.75) is 13.8 Å². The zero-order chi connectivity index (χ0) is 16.9. The molecule has 0 saturated heterocycles. The summed E-state index contributed by atoms with van der Waals surface area (Å²) in [4.78, 5) is 33.9. The maximum atomic E-state index is 10.2. The van der Waals surface area contributed by atoms with Crippen molar-refractivity contribution in [3.8, 4) is 0 Å². The molecule has 0 radical (unpaired) electrons. The Balaban J connectivity index is 0. The summed E-state index contributed by atoms with van der Waals surface area (Å²) in [6, 6.07) is 8.30. The topological polar surface area (TPSA) is 118 Å². The maximum absolute atomic E-state index is 10.2. The van der Waals surface area contributed by atoms with Crippen LogP contribution in [-0.4, -0.2) is 43.7 Å². The first-order valence-corrected chi connectivity index (χ1v) is 7.65. The lowest BCUT2D eigenvalue weighted by atomic mass is 10.2. The van der Waals surface area contributed by atoms with Crippen LogP contribution >= 0.6 is 7.82 Å². The average molecular weight is 319 g/mol. The van der Waals surface area contributed by atoms with E-state index in [-0.39, 0.29) is 0 Å². The third kappa shape index (κ3) is 18.3. The Hall–Kier alpha value is -1.66. The molecule has 0 amide bonds. The maximum Gasteiger partial charge on any atom is 0.466 e. The molecule has 1 rings (SSSR count). The zero-order valence-electron chi connectivity index (χ0n) is 12.1. The van der Waals surface area contributed by atoms with Gasteiger partial charge in [0.25, 0.3) is 0 Å². The largest absolute Gasteiger partial charge is 0.478 e. The lowest BCUT2D eigenvalue weighted by Gasteiger charge is -2.12. The van der Waals surface area contributed by atoms with Crippen LogP contribution in [-0.2, 0) is 4.57 Å². The number of carboxylic acid groups (broad SMARTS) is 1. The second-order valence-corrected chi connectivity index (χ2v) is 4.61. The average Bonchev–Trinajstić information content (AvgIpc) is 2.40. The van der Waals surface area contributed by atoms with Crippen LogP contribution in [0.15, 0.2) is 43.1 Å². The molecule has 7 nitrogen and oxygen atoms in total. The van der Waals surface area contributed by atoms with Gasteiger partial charge in [-0.05, 0) is 32.2 Å². The molecular formula is C13H22NO6P. The smallest absolute Gasteiger partial charge is 0.466 e. The number of benzene rings is 1. The second-order valence-electron chi connectivity index (χ2n) is 3.59. The van der Waals surface area contributed by atoms with Gasteiger partial charge in [-0.25, -0.2) is 9.36 Å². The number of rotatable bonds is 4. The van der Waals surface area contributed by atoms with Crippen LogP contribution in [0.2, 0.25) is 0 Å². The number of hydrogen-bond acceptors (Lipinski definition) is 3. The molecule has 0 heterocycles. The highest BCUT2D eigenvalue weighted by Gasteiger charge is 2.00. The molecule has 0 saturated carbocycles. The van der Waals surface area contributed by atoms with Crippen LogP contribution in [0.1, 0.15) is 24.2 Å². The molecule has 8 heteroatoms. The Morgan fingerprint density at radius 1 is 1.19 bits per heavy atom. The van der Waals surface area contributed by atoms with Crippen LogP contribution < -0.4 is 0 Å². The monoisotopic (exact) mass is 319 g/mol. The van der Waals surface area contributed by atoms with Gasteiger partial charge >= 0.3 is 13.8 Å². The molecule has 4 N–H and O–H groups in total. The standard InChI is InChI=1S/C7H6O2.C6H13N.H3O4P/c8-7(9)6-4-2-1-3-5-6;1-4-7(5-2)6-3;1-5(2,3)4/h1-5H,(H,8,9);4H,1,5-6H2,2-3H3;(H3,1,2,3,4). The fourth-order valence-electron chi connectivity index (χ4n) is 1.06. The first-order chi connectivity index (χ1) is 9.65. The SMILES string of the molecule is C=CN(CC)CC.O=C(O)c1ccccc1.O=P(O)(O)O.